The van der Waals surface area contributed by atoms with E-state index in [9.17, 15) is 9.59 Å². The van der Waals surface area contributed by atoms with Crippen molar-refractivity contribution in [1.29, 1.82) is 0 Å². The number of rotatable bonds is 3. The second-order valence-corrected chi connectivity index (χ2v) is 4.14. The molecule has 2 rings (SSSR count). The Balaban J connectivity index is 2.39. The Labute approximate surface area is 99.4 Å². The number of hydrogen-bond donors (Lipinski definition) is 2. The third-order valence-electron chi connectivity index (χ3n) is 2.91. The fourth-order valence-corrected chi connectivity index (χ4v) is 1.89. The van der Waals surface area contributed by atoms with Crippen LogP contribution >= 0.6 is 0 Å². The van der Waals surface area contributed by atoms with Crippen LogP contribution in [0.15, 0.2) is 12.1 Å². The van der Waals surface area contributed by atoms with E-state index >= 15 is 0 Å². The molecule has 1 aliphatic rings. The molecule has 0 fully saturated rings. The highest BCUT2D eigenvalue weighted by molar-refractivity contribution is 6.22. The van der Waals surface area contributed by atoms with Crippen molar-refractivity contribution in [2.24, 2.45) is 0 Å². The summed E-state index contributed by atoms with van der Waals surface area (Å²) in [5.74, 6) is -0.546. The number of benzene rings is 1. The third kappa shape index (κ3) is 1.73. The van der Waals surface area contributed by atoms with Gasteiger partial charge in [0, 0.05) is 6.54 Å². The molecule has 1 heterocycles. The average Bonchev–Trinajstić information content (AvgIpc) is 2.51. The third-order valence-corrected chi connectivity index (χ3v) is 2.91. The maximum absolute atomic E-state index is 12.0. The quantitative estimate of drug-likeness (QED) is 0.607. The van der Waals surface area contributed by atoms with Crippen LogP contribution in [0.2, 0.25) is 0 Å². The molecule has 0 saturated carbocycles. The van der Waals surface area contributed by atoms with E-state index in [2.05, 4.69) is 0 Å². The molecule has 0 aliphatic carbocycles. The van der Waals surface area contributed by atoms with Crippen molar-refractivity contribution in [3.63, 3.8) is 0 Å². The van der Waals surface area contributed by atoms with Crippen molar-refractivity contribution in [3.05, 3.63) is 23.3 Å². The number of amides is 2. The largest absolute Gasteiger partial charge is 0.397 e. The number of imide groups is 1. The lowest BCUT2D eigenvalue weighted by atomic mass is 10.1. The summed E-state index contributed by atoms with van der Waals surface area (Å²) in [4.78, 5) is 25.2. The van der Waals surface area contributed by atoms with Gasteiger partial charge in [0.1, 0.15) is 0 Å². The minimum absolute atomic E-state index is 0.273. The van der Waals surface area contributed by atoms with E-state index in [0.29, 0.717) is 29.0 Å². The van der Waals surface area contributed by atoms with E-state index in [-0.39, 0.29) is 11.8 Å². The molecule has 4 N–H and O–H groups in total. The second kappa shape index (κ2) is 4.08. The van der Waals surface area contributed by atoms with Crippen molar-refractivity contribution in [2.45, 2.75) is 19.8 Å². The summed E-state index contributed by atoms with van der Waals surface area (Å²) in [6.45, 7) is 2.46. The number of fused-ring (bicyclic) bond motifs is 1. The van der Waals surface area contributed by atoms with Crippen LogP contribution in [0.5, 0.6) is 0 Å². The summed E-state index contributed by atoms with van der Waals surface area (Å²) in [7, 11) is 0. The molecule has 1 aliphatic heterocycles. The van der Waals surface area contributed by atoms with E-state index in [1.165, 1.54) is 17.0 Å². The molecular weight excluding hydrogens is 218 g/mol. The van der Waals surface area contributed by atoms with E-state index in [1.54, 1.807) is 0 Å². The molecule has 0 bridgehead atoms. The van der Waals surface area contributed by atoms with Crippen LogP contribution in [0.3, 0.4) is 0 Å². The molecule has 5 nitrogen and oxygen atoms in total. The number of nitrogen functional groups attached to an aromatic ring is 2. The molecule has 0 saturated heterocycles. The predicted molar refractivity (Wildman–Crippen MR) is 65.5 cm³/mol. The van der Waals surface area contributed by atoms with Gasteiger partial charge in [-0.2, -0.15) is 0 Å². The van der Waals surface area contributed by atoms with Gasteiger partial charge in [0.2, 0.25) is 0 Å². The van der Waals surface area contributed by atoms with Gasteiger partial charge in [0.25, 0.3) is 11.8 Å². The lowest BCUT2D eigenvalue weighted by Gasteiger charge is -2.12. The molecule has 2 amide bonds. The van der Waals surface area contributed by atoms with Crippen LogP contribution in [0, 0.1) is 0 Å². The Morgan fingerprint density at radius 3 is 1.94 bits per heavy atom. The number of carbonyl (C=O) groups is 2. The monoisotopic (exact) mass is 233 g/mol. The van der Waals surface area contributed by atoms with Gasteiger partial charge in [-0.1, -0.05) is 13.3 Å². The molecule has 1 aromatic carbocycles. The van der Waals surface area contributed by atoms with Crippen molar-refractivity contribution in [2.75, 3.05) is 18.0 Å². The molecule has 0 unspecified atom stereocenters. The zero-order chi connectivity index (χ0) is 12.6. The fraction of sp³-hybridized carbons (Fsp3) is 0.333. The number of carbonyl (C=O) groups excluding carboxylic acids is 2. The van der Waals surface area contributed by atoms with Gasteiger partial charge in [0.05, 0.1) is 22.5 Å². The SMILES string of the molecule is CCCCN1C(=O)c2cc(N)c(N)cc2C1=O. The highest BCUT2D eigenvalue weighted by Crippen LogP contribution is 2.28. The molecular formula is C12H15N3O2. The van der Waals surface area contributed by atoms with E-state index in [0.717, 1.165) is 12.8 Å². The molecule has 90 valence electrons. The van der Waals surface area contributed by atoms with Crippen LogP contribution in [-0.4, -0.2) is 23.3 Å². The van der Waals surface area contributed by atoms with E-state index in [1.807, 2.05) is 6.92 Å². The Morgan fingerprint density at radius 1 is 1.06 bits per heavy atom. The first kappa shape index (κ1) is 11.4. The minimum Gasteiger partial charge on any atom is -0.397 e. The lowest BCUT2D eigenvalue weighted by molar-refractivity contribution is 0.0652. The molecule has 0 spiro atoms. The zero-order valence-electron chi connectivity index (χ0n) is 9.69. The first-order valence-electron chi connectivity index (χ1n) is 5.61. The molecule has 17 heavy (non-hydrogen) atoms. The van der Waals surface area contributed by atoms with Gasteiger partial charge in [0.15, 0.2) is 0 Å². The highest BCUT2D eigenvalue weighted by atomic mass is 16.2. The maximum atomic E-state index is 12.0. The highest BCUT2D eigenvalue weighted by Gasteiger charge is 2.35. The van der Waals surface area contributed by atoms with Crippen LogP contribution in [0.4, 0.5) is 11.4 Å². The predicted octanol–water partition coefficient (Wildman–Crippen LogP) is 1.25. The Bertz CT molecular complexity index is 456. The van der Waals surface area contributed by atoms with Crippen LogP contribution < -0.4 is 11.5 Å². The molecule has 5 heteroatoms. The molecule has 0 atom stereocenters. The Kier molecular flexibility index (Phi) is 2.75. The van der Waals surface area contributed by atoms with Crippen molar-refractivity contribution < 1.29 is 9.59 Å². The Morgan fingerprint density at radius 2 is 1.53 bits per heavy atom. The minimum atomic E-state index is -0.273. The van der Waals surface area contributed by atoms with Crippen molar-refractivity contribution in [3.8, 4) is 0 Å². The second-order valence-electron chi connectivity index (χ2n) is 4.14. The summed E-state index contributed by atoms with van der Waals surface area (Å²) in [5, 5.41) is 0. The smallest absolute Gasteiger partial charge is 0.261 e. The number of anilines is 2. The first-order valence-corrected chi connectivity index (χ1v) is 5.61. The van der Waals surface area contributed by atoms with Crippen molar-refractivity contribution in [1.82, 2.24) is 4.90 Å². The average molecular weight is 233 g/mol. The summed E-state index contributed by atoms with van der Waals surface area (Å²) in [6.07, 6.45) is 1.73. The summed E-state index contributed by atoms with van der Waals surface area (Å²) in [5.41, 5.74) is 12.7. The maximum Gasteiger partial charge on any atom is 0.261 e. The van der Waals surface area contributed by atoms with Crippen LogP contribution in [-0.2, 0) is 0 Å². The lowest BCUT2D eigenvalue weighted by Crippen LogP contribution is -2.30. The number of unbranched alkanes of at least 4 members (excludes halogenated alkanes) is 1. The standard InChI is InChI=1S/C12H15N3O2/c1-2-3-4-15-11(16)7-5-9(13)10(14)6-8(7)12(15)17/h5-6H,2-4,13-14H2,1H3. The normalized spacial score (nSPS) is 14.3. The topological polar surface area (TPSA) is 89.4 Å². The molecule has 0 radical (unpaired) electrons. The molecule has 0 aromatic heterocycles. The number of nitrogens with zero attached hydrogens (tertiary/aromatic N) is 1. The van der Waals surface area contributed by atoms with Gasteiger partial charge >= 0.3 is 0 Å². The van der Waals surface area contributed by atoms with Gasteiger partial charge in [-0.3, -0.25) is 14.5 Å². The van der Waals surface area contributed by atoms with Crippen LogP contribution in [0.1, 0.15) is 40.5 Å². The van der Waals surface area contributed by atoms with Gasteiger partial charge in [-0.05, 0) is 18.6 Å². The molecule has 1 aromatic rings. The van der Waals surface area contributed by atoms with Gasteiger partial charge < -0.3 is 11.5 Å². The van der Waals surface area contributed by atoms with Crippen LogP contribution in [0.25, 0.3) is 0 Å². The number of nitrogens with two attached hydrogens (primary N) is 2. The van der Waals surface area contributed by atoms with Gasteiger partial charge in [-0.25, -0.2) is 0 Å². The summed E-state index contributed by atoms with van der Waals surface area (Å²) < 4.78 is 0. The first-order chi connectivity index (χ1) is 8.06. The summed E-state index contributed by atoms with van der Waals surface area (Å²) >= 11 is 0. The Hall–Kier alpha value is -2.04. The number of hydrogen-bond acceptors (Lipinski definition) is 4. The van der Waals surface area contributed by atoms with E-state index < -0.39 is 0 Å². The van der Waals surface area contributed by atoms with Crippen molar-refractivity contribution >= 4 is 23.2 Å². The summed E-state index contributed by atoms with van der Waals surface area (Å²) in [6, 6.07) is 2.97. The van der Waals surface area contributed by atoms with E-state index in [4.69, 9.17) is 11.5 Å². The fourth-order valence-electron chi connectivity index (χ4n) is 1.89. The van der Waals surface area contributed by atoms with Gasteiger partial charge in [-0.15, -0.1) is 0 Å². The zero-order valence-corrected chi connectivity index (χ0v) is 9.69.